The van der Waals surface area contributed by atoms with Crippen molar-refractivity contribution in [1.82, 2.24) is 4.90 Å². The average Bonchev–Trinajstić information content (AvgIpc) is 1.82. The maximum atomic E-state index is 2.43. The number of piperidine rings is 1. The van der Waals surface area contributed by atoms with E-state index < -0.39 is 0 Å². The van der Waals surface area contributed by atoms with Crippen LogP contribution in [-0.4, -0.2) is 25.0 Å². The molecule has 1 saturated heterocycles. The summed E-state index contributed by atoms with van der Waals surface area (Å²) in [5.41, 5.74) is 1.98. The summed E-state index contributed by atoms with van der Waals surface area (Å²) in [5.74, 6) is 0. The minimum absolute atomic E-state index is 0.355. The molecule has 0 aromatic rings. The van der Waals surface area contributed by atoms with Crippen LogP contribution in [0.1, 0.15) is 33.6 Å². The predicted molar refractivity (Wildman–Crippen MR) is 54.3 cm³/mol. The number of likely N-dealkylation sites (tertiary alicyclic amines) is 1. The van der Waals surface area contributed by atoms with E-state index in [1.165, 1.54) is 25.9 Å². The molecule has 70 valence electrons. The summed E-state index contributed by atoms with van der Waals surface area (Å²) in [6.07, 6.45) is 5.07. The molecule has 1 rings (SSSR count). The van der Waals surface area contributed by atoms with Gasteiger partial charge >= 0.3 is 0 Å². The standard InChI is InChI=1S/C11H21N/c1-11(2,3)8-10-6-5-7-12(4)9-10/h8H,5-7,9H2,1-4H3/b10-8+. The maximum absolute atomic E-state index is 2.43. The summed E-state index contributed by atoms with van der Waals surface area (Å²) >= 11 is 0. The normalized spacial score (nSPS) is 24.8. The van der Waals surface area contributed by atoms with E-state index in [4.69, 9.17) is 0 Å². The van der Waals surface area contributed by atoms with Crippen LogP contribution in [0.25, 0.3) is 0 Å². The molecule has 1 heteroatoms. The Morgan fingerprint density at radius 3 is 2.50 bits per heavy atom. The Bertz CT molecular complexity index is 174. The smallest absolute Gasteiger partial charge is 0.0190 e. The molecular weight excluding hydrogens is 146 g/mol. The van der Waals surface area contributed by atoms with Crippen LogP contribution < -0.4 is 0 Å². The maximum Gasteiger partial charge on any atom is 0.0190 e. The van der Waals surface area contributed by atoms with Gasteiger partial charge in [0.05, 0.1) is 0 Å². The van der Waals surface area contributed by atoms with E-state index in [1.807, 2.05) is 0 Å². The van der Waals surface area contributed by atoms with E-state index in [2.05, 4.69) is 38.8 Å². The van der Waals surface area contributed by atoms with Crippen molar-refractivity contribution >= 4 is 0 Å². The van der Waals surface area contributed by atoms with Crippen molar-refractivity contribution in [2.75, 3.05) is 20.1 Å². The molecule has 12 heavy (non-hydrogen) atoms. The molecule has 0 saturated carbocycles. The number of hydrogen-bond acceptors (Lipinski definition) is 1. The van der Waals surface area contributed by atoms with Gasteiger partial charge in [-0.05, 0) is 31.8 Å². The van der Waals surface area contributed by atoms with Gasteiger partial charge in [0.1, 0.15) is 0 Å². The van der Waals surface area contributed by atoms with Crippen LogP contribution in [0, 0.1) is 5.41 Å². The van der Waals surface area contributed by atoms with Gasteiger partial charge in [-0.25, -0.2) is 0 Å². The van der Waals surface area contributed by atoms with Gasteiger partial charge < -0.3 is 4.90 Å². The van der Waals surface area contributed by atoms with Crippen LogP contribution in [-0.2, 0) is 0 Å². The predicted octanol–water partition coefficient (Wildman–Crippen LogP) is 2.68. The molecule has 1 aliphatic rings. The number of rotatable bonds is 0. The first kappa shape index (κ1) is 9.79. The summed E-state index contributed by atoms with van der Waals surface area (Å²) in [4.78, 5) is 2.40. The fraction of sp³-hybridized carbons (Fsp3) is 0.818. The fourth-order valence-corrected chi connectivity index (χ4v) is 1.81. The van der Waals surface area contributed by atoms with Gasteiger partial charge in [-0.3, -0.25) is 0 Å². The second-order valence-electron chi connectivity index (χ2n) is 5.01. The molecule has 1 aliphatic heterocycles. The van der Waals surface area contributed by atoms with Gasteiger partial charge in [-0.2, -0.15) is 0 Å². The van der Waals surface area contributed by atoms with Crippen LogP contribution >= 0.6 is 0 Å². The van der Waals surface area contributed by atoms with Crippen LogP contribution in [0.3, 0.4) is 0 Å². The van der Waals surface area contributed by atoms with Crippen molar-refractivity contribution in [3.8, 4) is 0 Å². The first-order valence-electron chi connectivity index (χ1n) is 4.86. The lowest BCUT2D eigenvalue weighted by Crippen LogP contribution is -2.27. The second kappa shape index (κ2) is 3.61. The van der Waals surface area contributed by atoms with Gasteiger partial charge in [0, 0.05) is 6.54 Å². The largest absolute Gasteiger partial charge is 0.302 e. The molecule has 0 bridgehead atoms. The lowest BCUT2D eigenvalue weighted by atomic mass is 9.91. The average molecular weight is 167 g/mol. The number of nitrogens with zero attached hydrogens (tertiary/aromatic N) is 1. The van der Waals surface area contributed by atoms with Crippen molar-refractivity contribution in [3.05, 3.63) is 11.6 Å². The zero-order valence-electron chi connectivity index (χ0n) is 8.85. The van der Waals surface area contributed by atoms with Gasteiger partial charge in [0.2, 0.25) is 0 Å². The van der Waals surface area contributed by atoms with Crippen molar-refractivity contribution in [3.63, 3.8) is 0 Å². The second-order valence-corrected chi connectivity index (χ2v) is 5.01. The molecule has 0 N–H and O–H groups in total. The van der Waals surface area contributed by atoms with Crippen molar-refractivity contribution in [1.29, 1.82) is 0 Å². The van der Waals surface area contributed by atoms with Gasteiger partial charge in [-0.1, -0.05) is 32.4 Å². The lowest BCUT2D eigenvalue weighted by molar-refractivity contribution is 0.319. The van der Waals surface area contributed by atoms with Gasteiger partial charge in [0.25, 0.3) is 0 Å². The lowest BCUT2D eigenvalue weighted by Gasteiger charge is -2.26. The zero-order valence-corrected chi connectivity index (χ0v) is 8.85. The molecule has 0 spiro atoms. The minimum Gasteiger partial charge on any atom is -0.302 e. The Labute approximate surface area is 76.5 Å². The highest BCUT2D eigenvalue weighted by Crippen LogP contribution is 2.22. The monoisotopic (exact) mass is 167 g/mol. The van der Waals surface area contributed by atoms with E-state index in [1.54, 1.807) is 5.57 Å². The summed E-state index contributed by atoms with van der Waals surface area (Å²) in [6, 6.07) is 0. The number of allylic oxidation sites excluding steroid dienone is 1. The summed E-state index contributed by atoms with van der Waals surface area (Å²) in [7, 11) is 2.20. The van der Waals surface area contributed by atoms with Crippen LogP contribution in [0.5, 0.6) is 0 Å². The van der Waals surface area contributed by atoms with Crippen molar-refractivity contribution in [2.24, 2.45) is 5.41 Å². The molecule has 0 aromatic heterocycles. The Balaban J connectivity index is 2.56. The summed E-state index contributed by atoms with van der Waals surface area (Å²) in [5, 5.41) is 0. The fourth-order valence-electron chi connectivity index (χ4n) is 1.81. The van der Waals surface area contributed by atoms with E-state index in [0.717, 1.165) is 0 Å². The Morgan fingerprint density at radius 1 is 1.33 bits per heavy atom. The molecule has 0 aliphatic carbocycles. The molecule has 1 nitrogen and oxygen atoms in total. The van der Waals surface area contributed by atoms with E-state index in [0.29, 0.717) is 5.41 Å². The van der Waals surface area contributed by atoms with Crippen molar-refractivity contribution < 1.29 is 0 Å². The molecule has 0 amide bonds. The van der Waals surface area contributed by atoms with Crippen LogP contribution in [0.4, 0.5) is 0 Å². The molecular formula is C11H21N. The number of hydrogen-bond donors (Lipinski definition) is 0. The van der Waals surface area contributed by atoms with E-state index >= 15 is 0 Å². The highest BCUT2D eigenvalue weighted by molar-refractivity contribution is 5.10. The number of likely N-dealkylation sites (N-methyl/N-ethyl adjacent to an activating group) is 1. The third-order valence-corrected chi connectivity index (χ3v) is 2.15. The van der Waals surface area contributed by atoms with E-state index in [9.17, 15) is 0 Å². The Morgan fingerprint density at radius 2 is 2.00 bits per heavy atom. The first-order chi connectivity index (χ1) is 5.47. The Kier molecular flexibility index (Phi) is 2.94. The Hall–Kier alpha value is -0.300. The third kappa shape index (κ3) is 3.40. The van der Waals surface area contributed by atoms with Crippen LogP contribution in [0.15, 0.2) is 11.6 Å². The van der Waals surface area contributed by atoms with E-state index in [-0.39, 0.29) is 0 Å². The molecule has 1 heterocycles. The molecule has 1 fully saturated rings. The third-order valence-electron chi connectivity index (χ3n) is 2.15. The summed E-state index contributed by atoms with van der Waals surface area (Å²) in [6.45, 7) is 9.26. The molecule has 0 aromatic carbocycles. The van der Waals surface area contributed by atoms with Crippen LogP contribution in [0.2, 0.25) is 0 Å². The summed E-state index contributed by atoms with van der Waals surface area (Å²) < 4.78 is 0. The molecule has 0 unspecified atom stereocenters. The highest BCUT2D eigenvalue weighted by atomic mass is 15.1. The zero-order chi connectivity index (χ0) is 9.19. The quantitative estimate of drug-likeness (QED) is 0.501. The highest BCUT2D eigenvalue weighted by Gasteiger charge is 2.13. The first-order valence-corrected chi connectivity index (χ1v) is 4.86. The SMILES string of the molecule is CN1CCC/C(=C\C(C)(C)C)C1. The van der Waals surface area contributed by atoms with Crippen molar-refractivity contribution in [2.45, 2.75) is 33.6 Å². The van der Waals surface area contributed by atoms with Gasteiger partial charge in [-0.15, -0.1) is 0 Å². The molecule has 0 atom stereocenters. The topological polar surface area (TPSA) is 3.24 Å². The minimum atomic E-state index is 0.355. The van der Waals surface area contributed by atoms with Gasteiger partial charge in [0.15, 0.2) is 0 Å². The molecule has 0 radical (unpaired) electrons.